The van der Waals surface area contributed by atoms with E-state index in [9.17, 15) is 9.59 Å². The fraction of sp³-hybridized carbons (Fsp3) is 0.222. The Morgan fingerprint density at radius 3 is 2.71 bits per heavy atom. The third-order valence-corrected chi connectivity index (χ3v) is 4.50. The smallest absolute Gasteiger partial charge is 0.407 e. The molecule has 1 aliphatic heterocycles. The molecule has 1 N–H and O–H groups in total. The van der Waals surface area contributed by atoms with Crippen LogP contribution in [0.25, 0.3) is 6.08 Å². The standard InChI is InChI=1S/C18H18N2O3S/c21-17(9-8-16-7-4-10-24-16)20-11-15(12-20)19-18(22)23-13-14-5-2-1-3-6-14/h1-10,15H,11-13H2,(H,19,22)/b9-8+. The van der Waals surface area contributed by atoms with Crippen molar-refractivity contribution in [3.8, 4) is 0 Å². The van der Waals surface area contributed by atoms with E-state index in [0.29, 0.717) is 13.1 Å². The quantitative estimate of drug-likeness (QED) is 0.850. The number of thiophene rings is 1. The van der Waals surface area contributed by atoms with Gasteiger partial charge in [0.2, 0.25) is 5.91 Å². The molecule has 0 spiro atoms. The zero-order valence-electron chi connectivity index (χ0n) is 13.1. The van der Waals surface area contributed by atoms with Crippen LogP contribution in [-0.4, -0.2) is 36.0 Å². The number of ether oxygens (including phenoxy) is 1. The lowest BCUT2D eigenvalue weighted by Gasteiger charge is -2.38. The summed E-state index contributed by atoms with van der Waals surface area (Å²) >= 11 is 1.58. The number of likely N-dealkylation sites (tertiary alicyclic amines) is 1. The summed E-state index contributed by atoms with van der Waals surface area (Å²) in [6, 6.07) is 13.4. The molecule has 1 fully saturated rings. The third kappa shape index (κ3) is 4.45. The van der Waals surface area contributed by atoms with Crippen LogP contribution in [0.1, 0.15) is 10.4 Å². The Kier molecular flexibility index (Phi) is 5.28. The van der Waals surface area contributed by atoms with Crippen LogP contribution in [0.15, 0.2) is 53.9 Å². The fourth-order valence-corrected chi connectivity index (χ4v) is 2.94. The molecule has 1 aliphatic rings. The van der Waals surface area contributed by atoms with Gasteiger partial charge < -0.3 is 15.0 Å². The summed E-state index contributed by atoms with van der Waals surface area (Å²) in [7, 11) is 0. The third-order valence-electron chi connectivity index (χ3n) is 3.66. The summed E-state index contributed by atoms with van der Waals surface area (Å²) in [6.45, 7) is 1.26. The maximum atomic E-state index is 12.0. The van der Waals surface area contributed by atoms with Crippen molar-refractivity contribution in [3.05, 3.63) is 64.4 Å². The minimum Gasteiger partial charge on any atom is -0.445 e. The van der Waals surface area contributed by atoms with E-state index in [2.05, 4.69) is 5.32 Å². The van der Waals surface area contributed by atoms with Gasteiger partial charge in [-0.1, -0.05) is 36.4 Å². The van der Waals surface area contributed by atoms with Crippen LogP contribution in [0.3, 0.4) is 0 Å². The van der Waals surface area contributed by atoms with Gasteiger partial charge in [0, 0.05) is 24.0 Å². The van der Waals surface area contributed by atoms with Gasteiger partial charge in [-0.2, -0.15) is 0 Å². The van der Waals surface area contributed by atoms with E-state index >= 15 is 0 Å². The zero-order chi connectivity index (χ0) is 16.8. The summed E-state index contributed by atoms with van der Waals surface area (Å²) in [5.41, 5.74) is 0.941. The molecule has 0 saturated carbocycles. The van der Waals surface area contributed by atoms with Crippen LogP contribution in [0, 0.1) is 0 Å². The molecule has 1 saturated heterocycles. The maximum absolute atomic E-state index is 12.0. The molecule has 3 rings (SSSR count). The van der Waals surface area contributed by atoms with E-state index in [1.165, 1.54) is 0 Å². The zero-order valence-corrected chi connectivity index (χ0v) is 13.9. The molecular formula is C18H18N2O3S. The highest BCUT2D eigenvalue weighted by Gasteiger charge is 2.30. The van der Waals surface area contributed by atoms with E-state index in [0.717, 1.165) is 10.4 Å². The SMILES string of the molecule is O=C(NC1CN(C(=O)/C=C/c2cccs2)C1)OCc1ccccc1. The van der Waals surface area contributed by atoms with Crippen molar-refractivity contribution < 1.29 is 14.3 Å². The van der Waals surface area contributed by atoms with Gasteiger partial charge in [-0.25, -0.2) is 4.79 Å². The second-order valence-electron chi connectivity index (χ2n) is 5.49. The molecule has 0 aliphatic carbocycles. The first-order valence-corrected chi connectivity index (χ1v) is 8.56. The molecule has 24 heavy (non-hydrogen) atoms. The first kappa shape index (κ1) is 16.3. The number of hydrogen-bond donors (Lipinski definition) is 1. The Hall–Kier alpha value is -2.60. The van der Waals surface area contributed by atoms with Gasteiger partial charge in [-0.15, -0.1) is 11.3 Å². The molecular weight excluding hydrogens is 324 g/mol. The summed E-state index contributed by atoms with van der Waals surface area (Å²) < 4.78 is 5.16. The van der Waals surface area contributed by atoms with Gasteiger partial charge in [-0.3, -0.25) is 4.79 Å². The molecule has 6 heteroatoms. The Morgan fingerprint density at radius 1 is 1.21 bits per heavy atom. The molecule has 2 heterocycles. The highest BCUT2D eigenvalue weighted by atomic mass is 32.1. The van der Waals surface area contributed by atoms with Crippen molar-refractivity contribution >= 4 is 29.4 Å². The average molecular weight is 342 g/mol. The van der Waals surface area contributed by atoms with E-state index in [1.807, 2.05) is 53.9 Å². The summed E-state index contributed by atoms with van der Waals surface area (Å²) in [4.78, 5) is 26.4. The highest BCUT2D eigenvalue weighted by Crippen LogP contribution is 2.13. The van der Waals surface area contributed by atoms with Crippen molar-refractivity contribution in [2.45, 2.75) is 12.6 Å². The minimum atomic E-state index is -0.454. The summed E-state index contributed by atoms with van der Waals surface area (Å²) in [5.74, 6) is -0.0425. The number of alkyl carbamates (subject to hydrolysis) is 1. The van der Waals surface area contributed by atoms with E-state index in [4.69, 9.17) is 4.74 Å². The number of carbonyl (C=O) groups is 2. The average Bonchev–Trinajstić information content (AvgIpc) is 3.08. The lowest BCUT2D eigenvalue weighted by atomic mass is 10.1. The second kappa shape index (κ2) is 7.79. The van der Waals surface area contributed by atoms with Gasteiger partial charge in [0.05, 0.1) is 6.04 Å². The van der Waals surface area contributed by atoms with E-state index in [1.54, 1.807) is 22.3 Å². The molecule has 124 valence electrons. The van der Waals surface area contributed by atoms with Crippen LogP contribution in [0.4, 0.5) is 4.79 Å². The van der Waals surface area contributed by atoms with Gasteiger partial charge >= 0.3 is 6.09 Å². The normalized spacial score (nSPS) is 14.4. The Labute approximate surface area is 144 Å². The molecule has 2 aromatic rings. The van der Waals surface area contributed by atoms with Crippen molar-refractivity contribution in [2.24, 2.45) is 0 Å². The summed E-state index contributed by atoms with van der Waals surface area (Å²) in [6.07, 6.45) is 2.92. The number of carbonyl (C=O) groups excluding carboxylic acids is 2. The first-order chi connectivity index (χ1) is 11.7. The van der Waals surface area contributed by atoms with E-state index < -0.39 is 6.09 Å². The monoisotopic (exact) mass is 342 g/mol. The van der Waals surface area contributed by atoms with Gasteiger partial charge in [0.25, 0.3) is 0 Å². The number of rotatable bonds is 5. The lowest BCUT2D eigenvalue weighted by Crippen LogP contribution is -2.60. The van der Waals surface area contributed by atoms with Crippen LogP contribution in [-0.2, 0) is 16.1 Å². The maximum Gasteiger partial charge on any atom is 0.407 e. The van der Waals surface area contributed by atoms with Crippen molar-refractivity contribution in [1.82, 2.24) is 10.2 Å². The van der Waals surface area contributed by atoms with Gasteiger partial charge in [-0.05, 0) is 23.1 Å². The first-order valence-electron chi connectivity index (χ1n) is 7.68. The fourth-order valence-electron chi connectivity index (χ4n) is 2.33. The van der Waals surface area contributed by atoms with Crippen LogP contribution < -0.4 is 5.32 Å². The molecule has 1 aromatic heterocycles. The van der Waals surface area contributed by atoms with Crippen molar-refractivity contribution in [3.63, 3.8) is 0 Å². The molecule has 1 aromatic carbocycles. The van der Waals surface area contributed by atoms with E-state index in [-0.39, 0.29) is 18.6 Å². The number of nitrogens with zero attached hydrogens (tertiary/aromatic N) is 1. The number of nitrogens with one attached hydrogen (secondary N) is 1. The van der Waals surface area contributed by atoms with Crippen molar-refractivity contribution in [1.29, 1.82) is 0 Å². The molecule has 5 nitrogen and oxygen atoms in total. The largest absolute Gasteiger partial charge is 0.445 e. The van der Waals surface area contributed by atoms with Gasteiger partial charge in [0.15, 0.2) is 0 Å². The highest BCUT2D eigenvalue weighted by molar-refractivity contribution is 7.10. The number of hydrogen-bond acceptors (Lipinski definition) is 4. The molecule has 0 atom stereocenters. The number of amides is 2. The Balaban J connectivity index is 1.36. The molecule has 0 bridgehead atoms. The van der Waals surface area contributed by atoms with Crippen LogP contribution >= 0.6 is 11.3 Å². The van der Waals surface area contributed by atoms with Gasteiger partial charge in [0.1, 0.15) is 6.61 Å². The van der Waals surface area contributed by atoms with Crippen LogP contribution in [0.5, 0.6) is 0 Å². The topological polar surface area (TPSA) is 58.6 Å². The molecule has 0 radical (unpaired) electrons. The predicted octanol–water partition coefficient (Wildman–Crippen LogP) is 2.90. The number of benzene rings is 1. The second-order valence-corrected chi connectivity index (χ2v) is 6.47. The van der Waals surface area contributed by atoms with Crippen molar-refractivity contribution in [2.75, 3.05) is 13.1 Å². The minimum absolute atomic E-state index is 0.0425. The Morgan fingerprint density at radius 2 is 2.00 bits per heavy atom. The predicted molar refractivity (Wildman–Crippen MR) is 93.5 cm³/mol. The van der Waals surface area contributed by atoms with Crippen LogP contribution in [0.2, 0.25) is 0 Å². The molecule has 2 amide bonds. The molecule has 0 unspecified atom stereocenters. The Bertz CT molecular complexity index is 707. The summed E-state index contributed by atoms with van der Waals surface area (Å²) in [5, 5.41) is 4.73. The lowest BCUT2D eigenvalue weighted by molar-refractivity contribution is -0.130.